The van der Waals surface area contributed by atoms with Gasteiger partial charge in [-0.1, -0.05) is 11.6 Å². The van der Waals surface area contributed by atoms with Gasteiger partial charge in [0.05, 0.1) is 22.8 Å². The van der Waals surface area contributed by atoms with E-state index in [0.29, 0.717) is 29.4 Å². The van der Waals surface area contributed by atoms with Crippen LogP contribution >= 0.6 is 11.6 Å². The summed E-state index contributed by atoms with van der Waals surface area (Å²) in [7, 11) is 0. The topological polar surface area (TPSA) is 82.2 Å². The molecule has 1 amide bonds. The maximum atomic E-state index is 12.3. The summed E-state index contributed by atoms with van der Waals surface area (Å²) in [5, 5.41) is 12.0. The van der Waals surface area contributed by atoms with Gasteiger partial charge in [0.2, 0.25) is 5.91 Å². The zero-order chi connectivity index (χ0) is 16.0. The summed E-state index contributed by atoms with van der Waals surface area (Å²) < 4.78 is 0. The SMILES string of the molecule is CC(C)N(CCC#N)C(C)C(=O)Nc1ccc(Cl)c(N)c1. The Bertz CT molecular complexity index is 539. The van der Waals surface area contributed by atoms with Gasteiger partial charge in [-0.15, -0.1) is 0 Å². The Morgan fingerprint density at radius 3 is 2.67 bits per heavy atom. The maximum Gasteiger partial charge on any atom is 0.241 e. The van der Waals surface area contributed by atoms with Gasteiger partial charge in [-0.05, 0) is 39.0 Å². The van der Waals surface area contributed by atoms with E-state index in [9.17, 15) is 4.79 Å². The van der Waals surface area contributed by atoms with Crippen LogP contribution in [0.15, 0.2) is 18.2 Å². The van der Waals surface area contributed by atoms with Crippen LogP contribution in [0.25, 0.3) is 0 Å². The van der Waals surface area contributed by atoms with E-state index < -0.39 is 0 Å². The number of nitrogen functional groups attached to an aromatic ring is 1. The highest BCUT2D eigenvalue weighted by Gasteiger charge is 2.23. The van der Waals surface area contributed by atoms with E-state index in [0.717, 1.165) is 0 Å². The van der Waals surface area contributed by atoms with Crippen LogP contribution in [0.5, 0.6) is 0 Å². The van der Waals surface area contributed by atoms with Crippen LogP contribution in [-0.2, 0) is 4.79 Å². The van der Waals surface area contributed by atoms with Crippen LogP contribution in [-0.4, -0.2) is 29.4 Å². The molecule has 3 N–H and O–H groups in total. The van der Waals surface area contributed by atoms with Gasteiger partial charge in [-0.2, -0.15) is 5.26 Å². The van der Waals surface area contributed by atoms with Crippen molar-refractivity contribution in [2.45, 2.75) is 39.3 Å². The van der Waals surface area contributed by atoms with Crippen LogP contribution in [0.4, 0.5) is 11.4 Å². The molecule has 1 atom stereocenters. The molecule has 0 aromatic heterocycles. The summed E-state index contributed by atoms with van der Waals surface area (Å²) >= 11 is 5.85. The molecular formula is C15H21ClN4O. The number of hydrogen-bond acceptors (Lipinski definition) is 4. The Balaban J connectivity index is 2.76. The quantitative estimate of drug-likeness (QED) is 0.792. The van der Waals surface area contributed by atoms with E-state index in [4.69, 9.17) is 22.6 Å². The van der Waals surface area contributed by atoms with Crippen molar-refractivity contribution in [1.82, 2.24) is 4.90 Å². The smallest absolute Gasteiger partial charge is 0.241 e. The zero-order valence-electron chi connectivity index (χ0n) is 12.6. The summed E-state index contributed by atoms with van der Waals surface area (Å²) in [4.78, 5) is 14.3. The Morgan fingerprint density at radius 1 is 1.48 bits per heavy atom. The normalized spacial score (nSPS) is 12.2. The standard InChI is InChI=1S/C15H21ClN4O/c1-10(2)20(8-4-7-17)11(3)15(21)19-12-5-6-13(16)14(18)9-12/h5-6,9-11H,4,8,18H2,1-3H3,(H,19,21). The second-order valence-corrected chi connectivity index (χ2v) is 5.55. The first-order chi connectivity index (χ1) is 9.86. The molecule has 1 aromatic rings. The number of nitriles is 1. The van der Waals surface area contributed by atoms with Gasteiger partial charge < -0.3 is 11.1 Å². The third kappa shape index (κ3) is 4.92. The van der Waals surface area contributed by atoms with Gasteiger partial charge in [0.25, 0.3) is 0 Å². The van der Waals surface area contributed by atoms with E-state index >= 15 is 0 Å². The number of anilines is 2. The molecule has 0 aliphatic carbocycles. The molecule has 1 aromatic carbocycles. The molecule has 21 heavy (non-hydrogen) atoms. The summed E-state index contributed by atoms with van der Waals surface area (Å²) in [6.45, 7) is 6.39. The molecule has 1 unspecified atom stereocenters. The lowest BCUT2D eigenvalue weighted by atomic mass is 10.2. The lowest BCUT2D eigenvalue weighted by Crippen LogP contribution is -2.46. The number of rotatable bonds is 6. The van der Waals surface area contributed by atoms with Gasteiger partial charge in [-0.25, -0.2) is 0 Å². The van der Waals surface area contributed by atoms with Crippen LogP contribution < -0.4 is 11.1 Å². The van der Waals surface area contributed by atoms with Gasteiger partial charge >= 0.3 is 0 Å². The Kier molecular flexibility index (Phi) is 6.47. The van der Waals surface area contributed by atoms with Crippen molar-refractivity contribution in [1.29, 1.82) is 5.26 Å². The largest absolute Gasteiger partial charge is 0.397 e. The Hall–Kier alpha value is -1.77. The molecule has 5 nitrogen and oxygen atoms in total. The molecule has 0 saturated carbocycles. The average molecular weight is 309 g/mol. The lowest BCUT2D eigenvalue weighted by Gasteiger charge is -2.31. The number of nitrogens with one attached hydrogen (secondary N) is 1. The first-order valence-corrected chi connectivity index (χ1v) is 7.23. The molecular weight excluding hydrogens is 288 g/mol. The highest BCUT2D eigenvalue weighted by Crippen LogP contribution is 2.22. The van der Waals surface area contributed by atoms with E-state index in [-0.39, 0.29) is 18.0 Å². The maximum absolute atomic E-state index is 12.3. The minimum Gasteiger partial charge on any atom is -0.397 e. The van der Waals surface area contributed by atoms with Gasteiger partial charge in [0, 0.05) is 24.7 Å². The first kappa shape index (κ1) is 17.3. The number of nitrogens with two attached hydrogens (primary N) is 1. The predicted octanol–water partition coefficient (Wildman–Crippen LogP) is 2.87. The Labute approximate surface area is 130 Å². The molecule has 0 saturated heterocycles. The average Bonchev–Trinajstić information content (AvgIpc) is 2.42. The van der Waals surface area contributed by atoms with Gasteiger partial charge in [-0.3, -0.25) is 9.69 Å². The number of carbonyl (C=O) groups excluding carboxylic acids is 1. The fraction of sp³-hybridized carbons (Fsp3) is 0.467. The molecule has 6 heteroatoms. The van der Waals surface area contributed by atoms with Crippen LogP contribution in [0, 0.1) is 11.3 Å². The fourth-order valence-corrected chi connectivity index (χ4v) is 2.21. The van der Waals surface area contributed by atoms with Crippen molar-refractivity contribution < 1.29 is 4.79 Å². The molecule has 0 bridgehead atoms. The number of halogens is 1. The zero-order valence-corrected chi connectivity index (χ0v) is 13.3. The lowest BCUT2D eigenvalue weighted by molar-refractivity contribution is -0.121. The molecule has 0 heterocycles. The van der Waals surface area contributed by atoms with Crippen LogP contribution in [0.2, 0.25) is 5.02 Å². The van der Waals surface area contributed by atoms with E-state index in [1.165, 1.54) is 0 Å². The third-order valence-corrected chi connectivity index (χ3v) is 3.63. The first-order valence-electron chi connectivity index (χ1n) is 6.85. The number of amides is 1. The minimum atomic E-state index is -0.338. The van der Waals surface area contributed by atoms with Crippen molar-refractivity contribution in [3.63, 3.8) is 0 Å². The van der Waals surface area contributed by atoms with Crippen molar-refractivity contribution in [2.24, 2.45) is 0 Å². The summed E-state index contributed by atoms with van der Waals surface area (Å²) in [5.74, 6) is -0.136. The highest BCUT2D eigenvalue weighted by molar-refractivity contribution is 6.33. The van der Waals surface area contributed by atoms with Crippen molar-refractivity contribution in [3.05, 3.63) is 23.2 Å². The van der Waals surface area contributed by atoms with Crippen molar-refractivity contribution in [2.75, 3.05) is 17.6 Å². The Morgan fingerprint density at radius 2 is 2.14 bits per heavy atom. The summed E-state index contributed by atoms with van der Waals surface area (Å²) in [5.41, 5.74) is 6.75. The molecule has 114 valence electrons. The monoisotopic (exact) mass is 308 g/mol. The van der Waals surface area contributed by atoms with Crippen LogP contribution in [0.1, 0.15) is 27.2 Å². The van der Waals surface area contributed by atoms with Crippen molar-refractivity contribution >= 4 is 28.9 Å². The number of nitrogens with zero attached hydrogens (tertiary/aromatic N) is 2. The second kappa shape index (κ2) is 7.87. The number of carbonyl (C=O) groups is 1. The number of benzene rings is 1. The van der Waals surface area contributed by atoms with E-state index in [1.54, 1.807) is 18.2 Å². The molecule has 0 aliphatic rings. The molecule has 0 spiro atoms. The predicted molar refractivity (Wildman–Crippen MR) is 86.0 cm³/mol. The van der Waals surface area contributed by atoms with E-state index in [1.807, 2.05) is 25.7 Å². The third-order valence-electron chi connectivity index (χ3n) is 3.29. The van der Waals surface area contributed by atoms with Crippen molar-refractivity contribution in [3.8, 4) is 6.07 Å². The van der Waals surface area contributed by atoms with Gasteiger partial charge in [0.15, 0.2) is 0 Å². The molecule has 0 fully saturated rings. The highest BCUT2D eigenvalue weighted by atomic mass is 35.5. The molecule has 1 rings (SSSR count). The summed E-state index contributed by atoms with van der Waals surface area (Å²) in [6.07, 6.45) is 0.393. The fourth-order valence-electron chi connectivity index (χ4n) is 2.10. The van der Waals surface area contributed by atoms with Crippen LogP contribution in [0.3, 0.4) is 0 Å². The molecule has 0 radical (unpaired) electrons. The second-order valence-electron chi connectivity index (χ2n) is 5.14. The minimum absolute atomic E-state index is 0.136. The van der Waals surface area contributed by atoms with Gasteiger partial charge in [0.1, 0.15) is 0 Å². The summed E-state index contributed by atoms with van der Waals surface area (Å²) in [6, 6.07) is 6.92. The van der Waals surface area contributed by atoms with E-state index in [2.05, 4.69) is 11.4 Å². The molecule has 0 aliphatic heterocycles. The number of hydrogen-bond donors (Lipinski definition) is 2.